The molecule has 2 aromatic heterocycles. The molecule has 13 heteroatoms. The summed E-state index contributed by atoms with van der Waals surface area (Å²) in [5.74, 6) is -0.602. The summed E-state index contributed by atoms with van der Waals surface area (Å²) in [6, 6.07) is 17.1. The smallest absolute Gasteiger partial charge is 0.252 e. The minimum absolute atomic E-state index is 0.156. The van der Waals surface area contributed by atoms with Crippen LogP contribution in [0, 0.1) is 13.8 Å². The van der Waals surface area contributed by atoms with E-state index in [4.69, 9.17) is 15.5 Å². The molecule has 262 valence electrons. The van der Waals surface area contributed by atoms with Crippen LogP contribution in [0.4, 0.5) is 0 Å². The Hall–Kier alpha value is -4.33. The van der Waals surface area contributed by atoms with E-state index in [0.29, 0.717) is 29.6 Å². The number of thioether (sulfide) groups is 1. The van der Waals surface area contributed by atoms with Crippen LogP contribution >= 0.6 is 11.8 Å². The van der Waals surface area contributed by atoms with E-state index in [0.717, 1.165) is 38.9 Å². The summed E-state index contributed by atoms with van der Waals surface area (Å²) in [5.41, 5.74) is 12.3. The van der Waals surface area contributed by atoms with E-state index in [-0.39, 0.29) is 35.6 Å². The molecule has 3 heterocycles. The number of ether oxygens (including phenoxy) is 1. The number of nitrogens with two attached hydrogens (primary N) is 1. The lowest BCUT2D eigenvalue weighted by atomic mass is 9.67. The predicted molar refractivity (Wildman–Crippen MR) is 195 cm³/mol. The van der Waals surface area contributed by atoms with Crippen molar-refractivity contribution in [2.24, 2.45) is 5.73 Å². The zero-order valence-corrected chi connectivity index (χ0v) is 31.1. The van der Waals surface area contributed by atoms with E-state index in [1.165, 1.54) is 22.3 Å². The second-order valence-corrected chi connectivity index (χ2v) is 15.9. The van der Waals surface area contributed by atoms with Gasteiger partial charge in [-0.1, -0.05) is 74.1 Å². The number of sulfonamides is 1. The SMILES string of the molecule is CC[C@@H]1CN(Cc2cc([C@@H](c3ccc4c(nnn4CC)c3C)C(C)(C)c3nc(SC)ncc3C(N)=O)ccc2C)S(=O)(=O)c2ccccc2O1. The third-order valence-electron chi connectivity index (χ3n) is 9.82. The average molecular weight is 714 g/mol. The summed E-state index contributed by atoms with van der Waals surface area (Å²) in [4.78, 5) is 22.2. The molecule has 0 saturated heterocycles. The van der Waals surface area contributed by atoms with Crippen molar-refractivity contribution < 1.29 is 17.9 Å². The van der Waals surface area contributed by atoms with Crippen molar-refractivity contribution in [1.82, 2.24) is 29.3 Å². The summed E-state index contributed by atoms with van der Waals surface area (Å²) in [7, 11) is -3.87. The number of amides is 1. The number of hydrogen-bond donors (Lipinski definition) is 1. The molecule has 0 saturated carbocycles. The molecule has 0 fully saturated rings. The van der Waals surface area contributed by atoms with Crippen LogP contribution in [0.5, 0.6) is 5.75 Å². The number of primary amides is 1. The molecule has 0 aliphatic carbocycles. The molecule has 2 N–H and O–H groups in total. The van der Waals surface area contributed by atoms with Gasteiger partial charge in [0.15, 0.2) is 5.16 Å². The molecule has 0 bridgehead atoms. The fourth-order valence-corrected chi connectivity index (χ4v) is 8.93. The Balaban J connectivity index is 1.54. The van der Waals surface area contributed by atoms with Crippen LogP contribution in [-0.4, -0.2) is 62.5 Å². The van der Waals surface area contributed by atoms with E-state index in [1.807, 2.05) is 50.8 Å². The lowest BCUT2D eigenvalue weighted by Gasteiger charge is -2.37. The van der Waals surface area contributed by atoms with Gasteiger partial charge in [-0.25, -0.2) is 23.1 Å². The first-order valence-corrected chi connectivity index (χ1v) is 19.4. The van der Waals surface area contributed by atoms with Crippen LogP contribution in [0.15, 0.2) is 70.8 Å². The maximum absolute atomic E-state index is 14.1. The number of rotatable bonds is 10. The molecule has 0 radical (unpaired) electrons. The highest BCUT2D eigenvalue weighted by molar-refractivity contribution is 7.98. The van der Waals surface area contributed by atoms with Crippen molar-refractivity contribution >= 4 is 38.7 Å². The predicted octanol–water partition coefficient (Wildman–Crippen LogP) is 6.15. The van der Waals surface area contributed by atoms with E-state index >= 15 is 0 Å². The topological polar surface area (TPSA) is 146 Å². The van der Waals surface area contributed by atoms with E-state index in [2.05, 4.69) is 47.3 Å². The zero-order valence-electron chi connectivity index (χ0n) is 29.5. The van der Waals surface area contributed by atoms with Gasteiger partial charge in [-0.2, -0.15) is 4.31 Å². The number of carbonyl (C=O) groups excluding carboxylic acids is 1. The Morgan fingerprint density at radius 1 is 1.12 bits per heavy atom. The van der Waals surface area contributed by atoms with Crippen LogP contribution in [0.1, 0.15) is 83.9 Å². The van der Waals surface area contributed by atoms with E-state index in [1.54, 1.807) is 24.3 Å². The van der Waals surface area contributed by atoms with Crippen molar-refractivity contribution in [2.75, 3.05) is 12.8 Å². The number of fused-ring (bicyclic) bond motifs is 2. The van der Waals surface area contributed by atoms with Gasteiger partial charge in [0.1, 0.15) is 22.3 Å². The maximum Gasteiger partial charge on any atom is 0.252 e. The van der Waals surface area contributed by atoms with Crippen LogP contribution in [0.25, 0.3) is 11.0 Å². The average Bonchev–Trinajstić information content (AvgIpc) is 3.49. The zero-order chi connectivity index (χ0) is 36.0. The molecule has 0 unspecified atom stereocenters. The molecular formula is C37H43N7O4S2. The van der Waals surface area contributed by atoms with Gasteiger partial charge >= 0.3 is 0 Å². The van der Waals surface area contributed by atoms with Crippen LogP contribution in [0.3, 0.4) is 0 Å². The van der Waals surface area contributed by atoms with Gasteiger partial charge in [-0.3, -0.25) is 4.79 Å². The molecule has 1 aliphatic heterocycles. The third-order valence-corrected chi connectivity index (χ3v) is 12.2. The summed E-state index contributed by atoms with van der Waals surface area (Å²) < 4.78 is 37.8. The Morgan fingerprint density at radius 3 is 2.58 bits per heavy atom. The molecule has 50 heavy (non-hydrogen) atoms. The van der Waals surface area contributed by atoms with Gasteiger partial charge in [0, 0.05) is 30.6 Å². The number of carbonyl (C=O) groups is 1. The highest BCUT2D eigenvalue weighted by Crippen LogP contribution is 2.46. The van der Waals surface area contributed by atoms with Gasteiger partial charge in [0.25, 0.3) is 5.91 Å². The van der Waals surface area contributed by atoms with Gasteiger partial charge in [0.2, 0.25) is 10.0 Å². The standard InChI is InChI=1S/C37H43N7O4S2/c1-8-26-21-43(50(46,47)31-13-11-10-12-30(31)48-26)20-25-18-24(15-14-22(25)3)32(27-16-17-29-33(23(27)4)41-42-44(29)9-2)37(5,6)34-28(35(38)45)19-39-36(40-34)49-7/h10-19,26,32H,8-9,20-21H2,1-7H3,(H2,38,45)/t26-,32+/m1/s1. The fourth-order valence-electron chi connectivity index (χ4n) is 7.02. The summed E-state index contributed by atoms with van der Waals surface area (Å²) in [5, 5.41) is 9.45. The van der Waals surface area contributed by atoms with Crippen molar-refractivity contribution in [3.05, 3.63) is 99.9 Å². The van der Waals surface area contributed by atoms with Gasteiger partial charge in [0.05, 0.1) is 23.3 Å². The summed E-state index contributed by atoms with van der Waals surface area (Å²) in [6.07, 6.45) is 3.75. The van der Waals surface area contributed by atoms with Crippen molar-refractivity contribution in [1.29, 1.82) is 0 Å². The minimum Gasteiger partial charge on any atom is -0.488 e. The largest absolute Gasteiger partial charge is 0.488 e. The number of hydrogen-bond acceptors (Lipinski definition) is 9. The molecule has 1 amide bonds. The molecule has 11 nitrogen and oxygen atoms in total. The first kappa shape index (κ1) is 35.5. The summed E-state index contributed by atoms with van der Waals surface area (Å²) in [6.45, 7) is 13.2. The summed E-state index contributed by atoms with van der Waals surface area (Å²) >= 11 is 1.39. The van der Waals surface area contributed by atoms with Crippen LogP contribution < -0.4 is 10.5 Å². The number of benzene rings is 3. The first-order valence-electron chi connectivity index (χ1n) is 16.7. The van der Waals surface area contributed by atoms with Crippen LogP contribution in [0.2, 0.25) is 0 Å². The van der Waals surface area contributed by atoms with Gasteiger partial charge in [-0.05, 0) is 79.5 Å². The van der Waals surface area contributed by atoms with Gasteiger partial charge < -0.3 is 10.5 Å². The second kappa shape index (κ2) is 13.8. The Morgan fingerprint density at radius 2 is 1.88 bits per heavy atom. The number of para-hydroxylation sites is 1. The van der Waals surface area contributed by atoms with Crippen molar-refractivity contribution in [3.8, 4) is 5.75 Å². The monoisotopic (exact) mass is 713 g/mol. The Bertz CT molecular complexity index is 2200. The third kappa shape index (κ3) is 6.26. The molecular weight excluding hydrogens is 671 g/mol. The molecule has 2 atom stereocenters. The van der Waals surface area contributed by atoms with E-state index in [9.17, 15) is 13.2 Å². The van der Waals surface area contributed by atoms with Crippen LogP contribution in [-0.2, 0) is 28.5 Å². The molecule has 3 aromatic carbocycles. The highest BCUT2D eigenvalue weighted by atomic mass is 32.2. The highest BCUT2D eigenvalue weighted by Gasteiger charge is 2.40. The second-order valence-electron chi connectivity index (χ2n) is 13.3. The number of nitrogens with zero attached hydrogens (tertiary/aromatic N) is 6. The molecule has 6 rings (SSSR count). The maximum atomic E-state index is 14.1. The Labute approximate surface area is 297 Å². The normalized spacial score (nSPS) is 16.8. The quantitative estimate of drug-likeness (QED) is 0.133. The van der Waals surface area contributed by atoms with Crippen molar-refractivity contribution in [2.45, 2.75) is 88.5 Å². The number of aryl methyl sites for hydroxylation is 3. The minimum atomic E-state index is -3.87. The van der Waals surface area contributed by atoms with Gasteiger partial charge in [-0.15, -0.1) is 5.10 Å². The first-order chi connectivity index (χ1) is 23.8. The van der Waals surface area contributed by atoms with Crippen molar-refractivity contribution in [3.63, 3.8) is 0 Å². The molecule has 1 aliphatic rings. The Kier molecular flexibility index (Phi) is 9.77. The van der Waals surface area contributed by atoms with E-state index < -0.39 is 21.3 Å². The lowest BCUT2D eigenvalue weighted by Crippen LogP contribution is -2.36. The number of aromatic nitrogens is 5. The fraction of sp³-hybridized carbons (Fsp3) is 0.378. The lowest BCUT2D eigenvalue weighted by molar-refractivity contribution is 0.0996. The molecule has 0 spiro atoms. The molecule has 5 aromatic rings.